The third-order valence-electron chi connectivity index (χ3n) is 3.30. The van der Waals surface area contributed by atoms with Crippen molar-refractivity contribution in [3.05, 3.63) is 0 Å². The number of methoxy groups -OCH3 is 1. The van der Waals surface area contributed by atoms with Crippen LogP contribution in [0, 0.1) is 0 Å². The predicted molar refractivity (Wildman–Crippen MR) is 90.3 cm³/mol. The lowest BCUT2D eigenvalue weighted by Crippen LogP contribution is -2.49. The summed E-state index contributed by atoms with van der Waals surface area (Å²) in [5, 5.41) is 3.02. The van der Waals surface area contributed by atoms with E-state index in [1.165, 1.54) is 0 Å². The summed E-state index contributed by atoms with van der Waals surface area (Å²) in [6.07, 6.45) is 0. The van der Waals surface area contributed by atoms with Crippen LogP contribution in [0.4, 0.5) is 0 Å². The quantitative estimate of drug-likeness (QED) is 0.287. The lowest BCUT2D eigenvalue weighted by Gasteiger charge is -2.35. The van der Waals surface area contributed by atoms with Crippen molar-refractivity contribution in [3.63, 3.8) is 0 Å². The van der Waals surface area contributed by atoms with Crippen LogP contribution in [-0.2, 0) is 4.74 Å². The van der Waals surface area contributed by atoms with Gasteiger partial charge in [-0.25, -0.2) is 0 Å². The molecule has 1 aliphatic heterocycles. The van der Waals surface area contributed by atoms with Crippen molar-refractivity contribution >= 4 is 29.9 Å². The number of hydrogen-bond donors (Lipinski definition) is 2. The number of nitrogens with one attached hydrogen (secondary N) is 1. The average Bonchev–Trinajstić information content (AvgIpc) is 2.37. The molecular formula is C12H28IN5O. The van der Waals surface area contributed by atoms with E-state index >= 15 is 0 Å². The van der Waals surface area contributed by atoms with Crippen molar-refractivity contribution in [2.24, 2.45) is 10.7 Å². The van der Waals surface area contributed by atoms with Gasteiger partial charge in [-0.05, 0) is 14.0 Å². The highest BCUT2D eigenvalue weighted by Crippen LogP contribution is 2.04. The SMILES string of the molecule is COCCNC(N)=NCC(C)N1CCN(C)CC1.I. The minimum atomic E-state index is 0. The van der Waals surface area contributed by atoms with Crippen LogP contribution in [0.5, 0.6) is 0 Å². The Hall–Kier alpha value is -0.120. The Morgan fingerprint density at radius 1 is 1.37 bits per heavy atom. The fraction of sp³-hybridized carbons (Fsp3) is 0.917. The Kier molecular flexibility index (Phi) is 10.6. The van der Waals surface area contributed by atoms with Crippen molar-refractivity contribution in [3.8, 4) is 0 Å². The summed E-state index contributed by atoms with van der Waals surface area (Å²) in [4.78, 5) is 9.18. The number of hydrogen-bond acceptors (Lipinski definition) is 4. The highest BCUT2D eigenvalue weighted by atomic mass is 127. The highest BCUT2D eigenvalue weighted by Gasteiger charge is 2.18. The normalized spacial score (nSPS) is 19.8. The summed E-state index contributed by atoms with van der Waals surface area (Å²) < 4.78 is 4.94. The van der Waals surface area contributed by atoms with Gasteiger partial charge in [0.1, 0.15) is 0 Å². The second kappa shape index (κ2) is 10.6. The third-order valence-corrected chi connectivity index (χ3v) is 3.30. The maximum Gasteiger partial charge on any atom is 0.188 e. The second-order valence-electron chi connectivity index (χ2n) is 4.83. The molecular weight excluding hydrogens is 357 g/mol. The molecule has 19 heavy (non-hydrogen) atoms. The van der Waals surface area contributed by atoms with Gasteiger partial charge < -0.3 is 20.7 Å². The molecule has 0 saturated carbocycles. The molecule has 1 atom stereocenters. The first-order chi connectivity index (χ1) is 8.63. The second-order valence-corrected chi connectivity index (χ2v) is 4.83. The van der Waals surface area contributed by atoms with E-state index in [9.17, 15) is 0 Å². The van der Waals surface area contributed by atoms with E-state index < -0.39 is 0 Å². The zero-order valence-corrected chi connectivity index (χ0v) is 14.6. The molecule has 0 aromatic heterocycles. The Labute approximate surface area is 133 Å². The lowest BCUT2D eigenvalue weighted by atomic mass is 10.2. The van der Waals surface area contributed by atoms with Crippen molar-refractivity contribution < 1.29 is 4.74 Å². The summed E-state index contributed by atoms with van der Waals surface area (Å²) in [5.41, 5.74) is 5.77. The molecule has 6 nitrogen and oxygen atoms in total. The van der Waals surface area contributed by atoms with Gasteiger partial charge in [-0.15, -0.1) is 24.0 Å². The van der Waals surface area contributed by atoms with Crippen molar-refractivity contribution in [1.82, 2.24) is 15.1 Å². The largest absolute Gasteiger partial charge is 0.383 e. The van der Waals surface area contributed by atoms with Gasteiger partial charge in [-0.1, -0.05) is 0 Å². The Bertz CT molecular complexity index is 257. The molecule has 1 aliphatic rings. The monoisotopic (exact) mass is 385 g/mol. The van der Waals surface area contributed by atoms with Gasteiger partial charge >= 0.3 is 0 Å². The molecule has 0 spiro atoms. The number of halogens is 1. The molecule has 0 amide bonds. The fourth-order valence-corrected chi connectivity index (χ4v) is 1.95. The number of nitrogens with zero attached hydrogens (tertiary/aromatic N) is 3. The zero-order chi connectivity index (χ0) is 13.4. The average molecular weight is 385 g/mol. The van der Waals surface area contributed by atoms with Crippen LogP contribution in [0.1, 0.15) is 6.92 Å². The molecule has 3 N–H and O–H groups in total. The van der Waals surface area contributed by atoms with Crippen molar-refractivity contribution in [2.75, 3.05) is 60.0 Å². The minimum Gasteiger partial charge on any atom is -0.383 e. The van der Waals surface area contributed by atoms with Gasteiger partial charge in [0.15, 0.2) is 5.96 Å². The third kappa shape index (κ3) is 7.91. The molecule has 1 fully saturated rings. The first-order valence-electron chi connectivity index (χ1n) is 6.58. The molecule has 0 aromatic rings. The van der Waals surface area contributed by atoms with Crippen LogP contribution in [0.2, 0.25) is 0 Å². The van der Waals surface area contributed by atoms with E-state index in [0.717, 1.165) is 32.7 Å². The Morgan fingerprint density at radius 3 is 2.58 bits per heavy atom. The summed E-state index contributed by atoms with van der Waals surface area (Å²) in [6.45, 7) is 8.80. The zero-order valence-electron chi connectivity index (χ0n) is 12.3. The molecule has 0 bridgehead atoms. The highest BCUT2D eigenvalue weighted by molar-refractivity contribution is 14.0. The van der Waals surface area contributed by atoms with E-state index in [2.05, 4.69) is 34.1 Å². The number of ether oxygens (including phenoxy) is 1. The van der Waals surface area contributed by atoms with Crippen LogP contribution >= 0.6 is 24.0 Å². The number of aliphatic imine (C=N–C) groups is 1. The van der Waals surface area contributed by atoms with Gasteiger partial charge in [0.25, 0.3) is 0 Å². The molecule has 1 saturated heterocycles. The van der Waals surface area contributed by atoms with Gasteiger partial charge in [0.05, 0.1) is 13.2 Å². The van der Waals surface area contributed by atoms with Crippen LogP contribution in [-0.4, -0.2) is 81.8 Å². The number of rotatable bonds is 6. The van der Waals surface area contributed by atoms with Gasteiger partial charge in [0.2, 0.25) is 0 Å². The molecule has 0 radical (unpaired) electrons. The van der Waals surface area contributed by atoms with Crippen LogP contribution in [0.3, 0.4) is 0 Å². The number of guanidine groups is 1. The Balaban J connectivity index is 0.00000324. The van der Waals surface area contributed by atoms with Gasteiger partial charge in [-0.2, -0.15) is 0 Å². The summed E-state index contributed by atoms with van der Waals surface area (Å²) >= 11 is 0. The smallest absolute Gasteiger partial charge is 0.188 e. The molecule has 0 aromatic carbocycles. The first kappa shape index (κ1) is 18.9. The van der Waals surface area contributed by atoms with Crippen LogP contribution in [0.25, 0.3) is 0 Å². The molecule has 7 heteroatoms. The standard InChI is InChI=1S/C12H27N5O.HI/c1-11(17-7-5-16(2)6-8-17)10-15-12(13)14-4-9-18-3;/h11H,4-10H2,1-3H3,(H3,13,14,15);1H. The van der Waals surface area contributed by atoms with E-state index in [0.29, 0.717) is 25.2 Å². The predicted octanol–water partition coefficient (Wildman–Crippen LogP) is -0.209. The maximum atomic E-state index is 5.77. The number of nitrogens with two attached hydrogens (primary N) is 1. The van der Waals surface area contributed by atoms with E-state index in [1.807, 2.05) is 0 Å². The molecule has 0 aliphatic carbocycles. The molecule has 114 valence electrons. The van der Waals surface area contributed by atoms with Gasteiger partial charge in [-0.3, -0.25) is 9.89 Å². The number of piperazine rings is 1. The van der Waals surface area contributed by atoms with Gasteiger partial charge in [0, 0.05) is 45.9 Å². The van der Waals surface area contributed by atoms with Crippen LogP contribution in [0.15, 0.2) is 4.99 Å². The minimum absolute atomic E-state index is 0. The summed E-state index contributed by atoms with van der Waals surface area (Å²) in [7, 11) is 3.84. The fourth-order valence-electron chi connectivity index (χ4n) is 1.95. The first-order valence-corrected chi connectivity index (χ1v) is 6.58. The van der Waals surface area contributed by atoms with Crippen molar-refractivity contribution in [1.29, 1.82) is 0 Å². The van der Waals surface area contributed by atoms with Crippen molar-refractivity contribution in [2.45, 2.75) is 13.0 Å². The molecule has 1 unspecified atom stereocenters. The maximum absolute atomic E-state index is 5.77. The Morgan fingerprint density at radius 2 is 2.00 bits per heavy atom. The lowest BCUT2D eigenvalue weighted by molar-refractivity contribution is 0.122. The van der Waals surface area contributed by atoms with E-state index in [1.54, 1.807) is 7.11 Å². The van der Waals surface area contributed by atoms with Crippen LogP contribution < -0.4 is 11.1 Å². The topological polar surface area (TPSA) is 66.1 Å². The molecule has 1 heterocycles. The summed E-state index contributed by atoms with van der Waals surface area (Å²) in [5.74, 6) is 0.507. The molecule has 1 rings (SSSR count). The van der Waals surface area contributed by atoms with E-state index in [4.69, 9.17) is 10.5 Å². The van der Waals surface area contributed by atoms with E-state index in [-0.39, 0.29) is 24.0 Å². The number of likely N-dealkylation sites (N-methyl/N-ethyl adjacent to an activating group) is 1. The summed E-state index contributed by atoms with van der Waals surface area (Å²) in [6, 6.07) is 0.446.